The van der Waals surface area contributed by atoms with E-state index in [1.807, 2.05) is 0 Å². The highest BCUT2D eigenvalue weighted by Crippen LogP contribution is 2.26. The van der Waals surface area contributed by atoms with Crippen LogP contribution in [0.25, 0.3) is 0 Å². The standard InChI is InChI=1S/C10H13NS/c12-7-9-4-1-3-8-5-2-6-11-10(8)9/h1,3-4,11-12H,2,5-7H2. The maximum atomic E-state index is 4.30. The Morgan fingerprint density at radius 3 is 3.17 bits per heavy atom. The monoisotopic (exact) mass is 179 g/mol. The largest absolute Gasteiger partial charge is 0.385 e. The summed E-state index contributed by atoms with van der Waals surface area (Å²) >= 11 is 4.30. The Hall–Kier alpha value is -0.630. The third-order valence-electron chi connectivity index (χ3n) is 2.33. The molecule has 0 amide bonds. The fourth-order valence-corrected chi connectivity index (χ4v) is 1.98. The fraction of sp³-hybridized carbons (Fsp3) is 0.400. The number of benzene rings is 1. The number of fused-ring (bicyclic) bond motifs is 1. The number of hydrogen-bond donors (Lipinski definition) is 2. The van der Waals surface area contributed by atoms with Crippen molar-refractivity contribution in [1.29, 1.82) is 0 Å². The van der Waals surface area contributed by atoms with Crippen LogP contribution in [0.15, 0.2) is 18.2 Å². The molecule has 1 N–H and O–H groups in total. The highest BCUT2D eigenvalue weighted by Gasteiger charge is 2.10. The van der Waals surface area contributed by atoms with Gasteiger partial charge in [-0.25, -0.2) is 0 Å². The van der Waals surface area contributed by atoms with Crippen molar-refractivity contribution >= 4 is 18.3 Å². The number of anilines is 1. The molecule has 1 heterocycles. The molecule has 1 aliphatic heterocycles. The summed E-state index contributed by atoms with van der Waals surface area (Å²) in [6.45, 7) is 1.11. The first-order valence-corrected chi connectivity index (χ1v) is 5.00. The number of thiol groups is 1. The van der Waals surface area contributed by atoms with Crippen LogP contribution in [0.5, 0.6) is 0 Å². The SMILES string of the molecule is SCc1cccc2c1NCCC2. The van der Waals surface area contributed by atoms with Gasteiger partial charge in [-0.2, -0.15) is 12.6 Å². The average molecular weight is 179 g/mol. The molecule has 0 saturated carbocycles. The van der Waals surface area contributed by atoms with Crippen LogP contribution in [0.1, 0.15) is 17.5 Å². The number of nitrogens with one attached hydrogen (secondary N) is 1. The molecule has 0 radical (unpaired) electrons. The molecule has 1 aromatic carbocycles. The van der Waals surface area contributed by atoms with Crippen molar-refractivity contribution in [3.05, 3.63) is 29.3 Å². The lowest BCUT2D eigenvalue weighted by Gasteiger charge is -2.20. The molecule has 0 spiro atoms. The Labute approximate surface area is 78.6 Å². The number of rotatable bonds is 1. The van der Waals surface area contributed by atoms with Gasteiger partial charge in [0.05, 0.1) is 0 Å². The van der Waals surface area contributed by atoms with Gasteiger partial charge in [-0.05, 0) is 24.0 Å². The van der Waals surface area contributed by atoms with Crippen LogP contribution >= 0.6 is 12.6 Å². The average Bonchev–Trinajstić information content (AvgIpc) is 2.17. The quantitative estimate of drug-likeness (QED) is 0.631. The predicted octanol–water partition coefficient (Wildman–Crippen LogP) is 2.47. The van der Waals surface area contributed by atoms with Crippen LogP contribution in [0.4, 0.5) is 5.69 Å². The van der Waals surface area contributed by atoms with E-state index in [4.69, 9.17) is 0 Å². The zero-order chi connectivity index (χ0) is 8.39. The summed E-state index contributed by atoms with van der Waals surface area (Å²) in [5.74, 6) is 0.830. The van der Waals surface area contributed by atoms with E-state index in [-0.39, 0.29) is 0 Å². The van der Waals surface area contributed by atoms with Gasteiger partial charge in [0.1, 0.15) is 0 Å². The van der Waals surface area contributed by atoms with Crippen LogP contribution < -0.4 is 5.32 Å². The summed E-state index contributed by atoms with van der Waals surface area (Å²) in [6.07, 6.45) is 2.47. The van der Waals surface area contributed by atoms with Crippen molar-refractivity contribution in [2.45, 2.75) is 18.6 Å². The van der Waals surface area contributed by atoms with E-state index in [0.29, 0.717) is 0 Å². The van der Waals surface area contributed by atoms with Crippen molar-refractivity contribution < 1.29 is 0 Å². The Morgan fingerprint density at radius 2 is 2.33 bits per heavy atom. The highest BCUT2D eigenvalue weighted by atomic mass is 32.1. The lowest BCUT2D eigenvalue weighted by Crippen LogP contribution is -2.13. The molecule has 0 bridgehead atoms. The molecule has 64 valence electrons. The first-order chi connectivity index (χ1) is 5.92. The minimum Gasteiger partial charge on any atom is -0.385 e. The lowest BCUT2D eigenvalue weighted by molar-refractivity contribution is 0.827. The van der Waals surface area contributed by atoms with E-state index < -0.39 is 0 Å². The third kappa shape index (κ3) is 1.31. The zero-order valence-electron chi connectivity index (χ0n) is 7.01. The number of para-hydroxylation sites is 1. The van der Waals surface area contributed by atoms with Crippen LogP contribution in [-0.2, 0) is 12.2 Å². The van der Waals surface area contributed by atoms with Gasteiger partial charge >= 0.3 is 0 Å². The van der Waals surface area contributed by atoms with Gasteiger partial charge in [0.25, 0.3) is 0 Å². The van der Waals surface area contributed by atoms with E-state index in [0.717, 1.165) is 12.3 Å². The van der Waals surface area contributed by atoms with Gasteiger partial charge in [0, 0.05) is 18.0 Å². The second-order valence-corrected chi connectivity index (χ2v) is 3.46. The minimum atomic E-state index is 0.830. The van der Waals surface area contributed by atoms with Gasteiger partial charge < -0.3 is 5.32 Å². The maximum Gasteiger partial charge on any atom is 0.0413 e. The molecule has 2 heteroatoms. The summed E-state index contributed by atoms with van der Waals surface area (Å²) in [7, 11) is 0. The van der Waals surface area contributed by atoms with Crippen molar-refractivity contribution in [3.8, 4) is 0 Å². The Balaban J connectivity index is 2.44. The second kappa shape index (κ2) is 3.40. The summed E-state index contributed by atoms with van der Waals surface area (Å²) in [5, 5.41) is 3.43. The highest BCUT2D eigenvalue weighted by molar-refractivity contribution is 7.79. The summed E-state index contributed by atoms with van der Waals surface area (Å²) in [4.78, 5) is 0. The van der Waals surface area contributed by atoms with Crippen LogP contribution in [0, 0.1) is 0 Å². The van der Waals surface area contributed by atoms with Gasteiger partial charge in [-0.1, -0.05) is 18.2 Å². The molecule has 0 saturated heterocycles. The summed E-state index contributed by atoms with van der Waals surface area (Å²) in [6, 6.07) is 6.47. The fourth-order valence-electron chi connectivity index (χ4n) is 1.71. The van der Waals surface area contributed by atoms with E-state index >= 15 is 0 Å². The molecule has 0 atom stereocenters. The number of aryl methyl sites for hydroxylation is 1. The molecular formula is C10H13NS. The van der Waals surface area contributed by atoms with E-state index in [9.17, 15) is 0 Å². The van der Waals surface area contributed by atoms with Crippen molar-refractivity contribution in [2.24, 2.45) is 0 Å². The minimum absolute atomic E-state index is 0.830. The molecule has 0 aliphatic carbocycles. The van der Waals surface area contributed by atoms with E-state index in [1.54, 1.807) is 0 Å². The molecular weight excluding hydrogens is 166 g/mol. The van der Waals surface area contributed by atoms with Gasteiger partial charge in [0.15, 0.2) is 0 Å². The lowest BCUT2D eigenvalue weighted by atomic mass is 10.0. The first-order valence-electron chi connectivity index (χ1n) is 4.37. The third-order valence-corrected chi connectivity index (χ3v) is 2.67. The molecule has 2 rings (SSSR count). The van der Waals surface area contributed by atoms with Crippen LogP contribution in [-0.4, -0.2) is 6.54 Å². The van der Waals surface area contributed by atoms with Crippen molar-refractivity contribution in [1.82, 2.24) is 0 Å². The van der Waals surface area contributed by atoms with E-state index in [1.165, 1.54) is 29.7 Å². The summed E-state index contributed by atoms with van der Waals surface area (Å²) in [5.41, 5.74) is 4.11. The molecule has 1 aromatic rings. The molecule has 1 nitrogen and oxygen atoms in total. The Morgan fingerprint density at radius 1 is 1.42 bits per heavy atom. The Bertz CT molecular complexity index is 269. The van der Waals surface area contributed by atoms with E-state index in [2.05, 4.69) is 36.1 Å². The van der Waals surface area contributed by atoms with Gasteiger partial charge in [-0.15, -0.1) is 0 Å². The van der Waals surface area contributed by atoms with Crippen LogP contribution in [0.3, 0.4) is 0 Å². The smallest absolute Gasteiger partial charge is 0.0413 e. The molecule has 12 heavy (non-hydrogen) atoms. The van der Waals surface area contributed by atoms with Crippen molar-refractivity contribution in [2.75, 3.05) is 11.9 Å². The molecule has 1 aliphatic rings. The molecule has 0 fully saturated rings. The first kappa shape index (κ1) is 7.99. The van der Waals surface area contributed by atoms with Crippen LogP contribution in [0.2, 0.25) is 0 Å². The van der Waals surface area contributed by atoms with Gasteiger partial charge in [0.2, 0.25) is 0 Å². The summed E-state index contributed by atoms with van der Waals surface area (Å²) < 4.78 is 0. The molecule has 0 aromatic heterocycles. The maximum absolute atomic E-state index is 4.30. The van der Waals surface area contributed by atoms with Crippen molar-refractivity contribution in [3.63, 3.8) is 0 Å². The second-order valence-electron chi connectivity index (χ2n) is 3.14. The Kier molecular flexibility index (Phi) is 2.26. The molecule has 0 unspecified atom stereocenters. The normalized spacial score (nSPS) is 15.1. The van der Waals surface area contributed by atoms with Gasteiger partial charge in [-0.3, -0.25) is 0 Å². The predicted molar refractivity (Wildman–Crippen MR) is 55.9 cm³/mol. The zero-order valence-corrected chi connectivity index (χ0v) is 7.90. The topological polar surface area (TPSA) is 12.0 Å². The number of hydrogen-bond acceptors (Lipinski definition) is 2.